The van der Waals surface area contributed by atoms with Crippen molar-refractivity contribution >= 4 is 43.7 Å². The van der Waals surface area contributed by atoms with Gasteiger partial charge in [-0.1, -0.05) is 54.6 Å². The fourth-order valence-corrected chi connectivity index (χ4v) is 4.32. The first-order valence-corrected chi connectivity index (χ1v) is 9.48. The molecule has 134 valence electrons. The summed E-state index contributed by atoms with van der Waals surface area (Å²) in [5, 5.41) is 4.70. The highest BCUT2D eigenvalue weighted by atomic mass is 16.3. The van der Waals surface area contributed by atoms with Crippen molar-refractivity contribution in [2.45, 2.75) is 6.54 Å². The van der Waals surface area contributed by atoms with Crippen LogP contribution in [0.5, 0.6) is 0 Å². The van der Waals surface area contributed by atoms with Crippen molar-refractivity contribution in [3.63, 3.8) is 0 Å². The quantitative estimate of drug-likeness (QED) is 0.402. The van der Waals surface area contributed by atoms with Crippen molar-refractivity contribution < 1.29 is 4.42 Å². The van der Waals surface area contributed by atoms with Gasteiger partial charge in [0.1, 0.15) is 5.58 Å². The maximum absolute atomic E-state index is 6.37. The Morgan fingerprint density at radius 3 is 2.39 bits per heavy atom. The Kier molecular flexibility index (Phi) is 3.16. The molecule has 28 heavy (non-hydrogen) atoms. The average molecular weight is 362 g/mol. The molecule has 0 amide bonds. The smallest absolute Gasteiger partial charge is 0.160 e. The number of fused-ring (bicyclic) bond motifs is 7. The zero-order chi connectivity index (χ0) is 18.7. The van der Waals surface area contributed by atoms with Crippen LogP contribution < -0.4 is 5.73 Å². The average Bonchev–Trinajstić information content (AvgIpc) is 3.29. The predicted octanol–water partition coefficient (Wildman–Crippen LogP) is 6.14. The molecule has 0 saturated heterocycles. The van der Waals surface area contributed by atoms with Crippen LogP contribution in [-0.4, -0.2) is 4.57 Å². The van der Waals surface area contributed by atoms with Gasteiger partial charge in [0.15, 0.2) is 5.58 Å². The standard InChI is InChI=1S/C25H18N2O/c26-15-16-6-5-7-17(14-16)27-22-10-3-1-8-18(22)20-12-13-21-19-9-2-4-11-23(19)28-25(21)24(20)27/h1-14H,15,26H2. The van der Waals surface area contributed by atoms with E-state index in [1.54, 1.807) is 0 Å². The lowest BCUT2D eigenvalue weighted by atomic mass is 10.1. The summed E-state index contributed by atoms with van der Waals surface area (Å²) in [5.41, 5.74) is 12.2. The number of hydrogen-bond acceptors (Lipinski definition) is 2. The molecule has 3 heteroatoms. The summed E-state index contributed by atoms with van der Waals surface area (Å²) in [6.45, 7) is 0.519. The second-order valence-corrected chi connectivity index (χ2v) is 7.16. The third-order valence-corrected chi connectivity index (χ3v) is 5.58. The Morgan fingerprint density at radius 2 is 1.50 bits per heavy atom. The number of rotatable bonds is 2. The topological polar surface area (TPSA) is 44.1 Å². The van der Waals surface area contributed by atoms with E-state index in [1.807, 2.05) is 12.1 Å². The molecular weight excluding hydrogens is 344 g/mol. The first kappa shape index (κ1) is 15.5. The van der Waals surface area contributed by atoms with E-state index in [0.29, 0.717) is 6.54 Å². The van der Waals surface area contributed by atoms with E-state index in [1.165, 1.54) is 16.3 Å². The third-order valence-electron chi connectivity index (χ3n) is 5.58. The van der Waals surface area contributed by atoms with Gasteiger partial charge in [-0.25, -0.2) is 0 Å². The molecule has 3 nitrogen and oxygen atoms in total. The molecule has 2 N–H and O–H groups in total. The van der Waals surface area contributed by atoms with E-state index in [4.69, 9.17) is 10.2 Å². The monoisotopic (exact) mass is 362 g/mol. The van der Waals surface area contributed by atoms with Crippen molar-refractivity contribution in [2.24, 2.45) is 5.73 Å². The van der Waals surface area contributed by atoms with Gasteiger partial charge in [0.2, 0.25) is 0 Å². The van der Waals surface area contributed by atoms with Crippen LogP contribution in [0.2, 0.25) is 0 Å². The van der Waals surface area contributed by atoms with Crippen LogP contribution in [0, 0.1) is 0 Å². The lowest BCUT2D eigenvalue weighted by Gasteiger charge is -2.09. The van der Waals surface area contributed by atoms with Crippen molar-refractivity contribution in [3.8, 4) is 5.69 Å². The minimum Gasteiger partial charge on any atom is -0.454 e. The Hall–Kier alpha value is -3.56. The molecule has 4 aromatic carbocycles. The maximum atomic E-state index is 6.37. The minimum atomic E-state index is 0.519. The second-order valence-electron chi connectivity index (χ2n) is 7.16. The molecule has 0 fully saturated rings. The Balaban J connectivity index is 1.86. The molecule has 0 spiro atoms. The van der Waals surface area contributed by atoms with Gasteiger partial charge < -0.3 is 14.7 Å². The van der Waals surface area contributed by atoms with E-state index in [9.17, 15) is 0 Å². The summed E-state index contributed by atoms with van der Waals surface area (Å²) in [6, 6.07) is 29.6. The van der Waals surface area contributed by atoms with Gasteiger partial charge in [-0.15, -0.1) is 0 Å². The van der Waals surface area contributed by atoms with Gasteiger partial charge in [-0.3, -0.25) is 0 Å². The summed E-state index contributed by atoms with van der Waals surface area (Å²) < 4.78 is 8.67. The fraction of sp³-hybridized carbons (Fsp3) is 0.0400. The number of nitrogens with two attached hydrogens (primary N) is 1. The van der Waals surface area contributed by atoms with Crippen LogP contribution in [0.4, 0.5) is 0 Å². The Bertz CT molecular complexity index is 1500. The Labute approximate surface area is 161 Å². The molecule has 0 radical (unpaired) electrons. The molecule has 0 atom stereocenters. The summed E-state index contributed by atoms with van der Waals surface area (Å²) >= 11 is 0. The van der Waals surface area contributed by atoms with Crippen LogP contribution in [0.3, 0.4) is 0 Å². The van der Waals surface area contributed by atoms with Gasteiger partial charge in [0.25, 0.3) is 0 Å². The molecule has 2 aromatic heterocycles. The molecule has 0 saturated carbocycles. The van der Waals surface area contributed by atoms with Gasteiger partial charge >= 0.3 is 0 Å². The molecule has 0 aliphatic rings. The van der Waals surface area contributed by atoms with Crippen molar-refractivity contribution in [2.75, 3.05) is 0 Å². The molecule has 6 rings (SSSR count). The number of benzene rings is 4. The number of aromatic nitrogens is 1. The SMILES string of the molecule is NCc1cccc(-n2c3ccccc3c3ccc4c5ccccc5oc4c32)c1. The highest BCUT2D eigenvalue weighted by Gasteiger charge is 2.18. The molecule has 0 aliphatic heterocycles. The minimum absolute atomic E-state index is 0.519. The Morgan fingerprint density at radius 1 is 0.714 bits per heavy atom. The van der Waals surface area contributed by atoms with E-state index in [2.05, 4.69) is 77.4 Å². The number of furan rings is 1. The lowest BCUT2D eigenvalue weighted by Crippen LogP contribution is -1.99. The second kappa shape index (κ2) is 5.72. The summed E-state index contributed by atoms with van der Waals surface area (Å²) in [6.07, 6.45) is 0. The molecule has 0 unspecified atom stereocenters. The van der Waals surface area contributed by atoms with Crippen molar-refractivity contribution in [3.05, 3.63) is 90.5 Å². The zero-order valence-electron chi connectivity index (χ0n) is 15.2. The summed E-state index contributed by atoms with van der Waals surface area (Å²) in [4.78, 5) is 0. The maximum Gasteiger partial charge on any atom is 0.160 e. The van der Waals surface area contributed by atoms with Crippen LogP contribution in [0.15, 0.2) is 89.3 Å². The molecular formula is C25H18N2O. The first-order valence-electron chi connectivity index (χ1n) is 9.48. The summed E-state index contributed by atoms with van der Waals surface area (Å²) in [7, 11) is 0. The van der Waals surface area contributed by atoms with E-state index in [0.717, 1.165) is 38.7 Å². The van der Waals surface area contributed by atoms with E-state index in [-0.39, 0.29) is 0 Å². The van der Waals surface area contributed by atoms with Crippen LogP contribution in [-0.2, 0) is 6.54 Å². The van der Waals surface area contributed by atoms with Gasteiger partial charge in [0.05, 0.1) is 11.0 Å². The van der Waals surface area contributed by atoms with Gasteiger partial charge in [-0.05, 0) is 35.9 Å². The number of hydrogen-bond donors (Lipinski definition) is 1. The summed E-state index contributed by atoms with van der Waals surface area (Å²) in [5.74, 6) is 0. The number of nitrogens with zero attached hydrogens (tertiary/aromatic N) is 1. The van der Waals surface area contributed by atoms with Crippen molar-refractivity contribution in [1.29, 1.82) is 0 Å². The molecule has 2 heterocycles. The van der Waals surface area contributed by atoms with Crippen LogP contribution >= 0.6 is 0 Å². The highest BCUT2D eigenvalue weighted by molar-refractivity contribution is 6.21. The lowest BCUT2D eigenvalue weighted by molar-refractivity contribution is 0.671. The molecule has 0 aliphatic carbocycles. The fourth-order valence-electron chi connectivity index (χ4n) is 4.32. The largest absolute Gasteiger partial charge is 0.454 e. The van der Waals surface area contributed by atoms with E-state index < -0.39 is 0 Å². The normalized spacial score (nSPS) is 11.9. The van der Waals surface area contributed by atoms with Gasteiger partial charge in [0, 0.05) is 33.8 Å². The predicted molar refractivity (Wildman–Crippen MR) is 116 cm³/mol. The zero-order valence-corrected chi connectivity index (χ0v) is 15.2. The van der Waals surface area contributed by atoms with Crippen molar-refractivity contribution in [1.82, 2.24) is 4.57 Å². The third kappa shape index (κ3) is 2.02. The first-order chi connectivity index (χ1) is 13.8. The van der Waals surface area contributed by atoms with Crippen LogP contribution in [0.25, 0.3) is 49.4 Å². The van der Waals surface area contributed by atoms with Gasteiger partial charge in [-0.2, -0.15) is 0 Å². The number of para-hydroxylation sites is 2. The van der Waals surface area contributed by atoms with Crippen LogP contribution in [0.1, 0.15) is 5.56 Å². The highest BCUT2D eigenvalue weighted by Crippen LogP contribution is 2.39. The van der Waals surface area contributed by atoms with E-state index >= 15 is 0 Å². The molecule has 0 bridgehead atoms. The molecule has 6 aromatic rings.